The van der Waals surface area contributed by atoms with Gasteiger partial charge in [-0.25, -0.2) is 9.97 Å². The minimum atomic E-state index is -0.0275. The van der Waals surface area contributed by atoms with E-state index in [1.807, 2.05) is 29.0 Å². The quantitative estimate of drug-likeness (QED) is 0.574. The molecule has 0 unspecified atom stereocenters. The van der Waals surface area contributed by atoms with E-state index >= 15 is 0 Å². The van der Waals surface area contributed by atoms with Crippen LogP contribution in [0, 0.1) is 5.92 Å². The first-order valence-corrected chi connectivity index (χ1v) is 12.0. The second kappa shape index (κ2) is 8.60. The Bertz CT molecular complexity index is 1390. The number of anilines is 3. The summed E-state index contributed by atoms with van der Waals surface area (Å²) in [5.41, 5.74) is 7.89. The molecule has 0 amide bonds. The van der Waals surface area contributed by atoms with E-state index in [0.29, 0.717) is 22.8 Å². The highest BCUT2D eigenvalue weighted by Crippen LogP contribution is 2.31. The summed E-state index contributed by atoms with van der Waals surface area (Å²) in [4.78, 5) is 27.1. The number of hydrogen-bond acceptors (Lipinski definition) is 6. The average Bonchev–Trinajstić information content (AvgIpc) is 3.51. The van der Waals surface area contributed by atoms with Gasteiger partial charge in [-0.2, -0.15) is 0 Å². The fourth-order valence-corrected chi connectivity index (χ4v) is 4.59. The molecule has 0 spiro atoms. The standard InChI is InChI=1S/C27H28N6O/c1-31-12-14-32(15-13-31)22-10-8-21(9-11-22)29-27-28-16-23-25(30-27)24(20-4-2-3-5-20)18-33(26(23)34)17-19-6-7-19/h2-4,8-11,16,18-19H,6-7,12-15,17H2,1H3,(H,28,29,30). The third kappa shape index (κ3) is 4.16. The number of benzene rings is 1. The molecule has 3 aromatic rings. The lowest BCUT2D eigenvalue weighted by Gasteiger charge is -2.34. The monoisotopic (exact) mass is 452 g/mol. The molecule has 2 aliphatic carbocycles. The zero-order chi connectivity index (χ0) is 23.1. The maximum absolute atomic E-state index is 13.1. The molecule has 7 heteroatoms. The van der Waals surface area contributed by atoms with Gasteiger partial charge in [0.2, 0.25) is 5.95 Å². The Labute approximate surface area is 198 Å². The Balaban J connectivity index is 1.30. The van der Waals surface area contributed by atoms with Gasteiger partial charge in [-0.05, 0) is 62.2 Å². The van der Waals surface area contributed by atoms with Crippen LogP contribution in [0.4, 0.5) is 17.3 Å². The fourth-order valence-electron chi connectivity index (χ4n) is 4.59. The minimum Gasteiger partial charge on any atom is -0.369 e. The molecular formula is C27H28N6O. The van der Waals surface area contributed by atoms with E-state index in [0.717, 1.165) is 49.5 Å². The van der Waals surface area contributed by atoms with Crippen LogP contribution in [0.2, 0.25) is 0 Å². The molecule has 7 nitrogen and oxygen atoms in total. The summed E-state index contributed by atoms with van der Waals surface area (Å²) < 4.78 is 1.82. The van der Waals surface area contributed by atoms with Gasteiger partial charge in [-0.3, -0.25) is 4.79 Å². The molecule has 1 aliphatic heterocycles. The van der Waals surface area contributed by atoms with Gasteiger partial charge in [-0.1, -0.05) is 6.08 Å². The van der Waals surface area contributed by atoms with Crippen LogP contribution in [-0.2, 0) is 6.54 Å². The molecule has 1 saturated heterocycles. The van der Waals surface area contributed by atoms with Crippen molar-refractivity contribution < 1.29 is 0 Å². The van der Waals surface area contributed by atoms with Crippen molar-refractivity contribution in [2.45, 2.75) is 19.4 Å². The minimum absolute atomic E-state index is 0.0275. The van der Waals surface area contributed by atoms with Gasteiger partial charge in [0.15, 0.2) is 0 Å². The predicted octanol–water partition coefficient (Wildman–Crippen LogP) is 3.81. The lowest BCUT2D eigenvalue weighted by atomic mass is 10.1. The summed E-state index contributed by atoms with van der Waals surface area (Å²) in [5, 5.41) is 3.86. The first kappa shape index (κ1) is 20.9. The Morgan fingerprint density at radius 1 is 1.12 bits per heavy atom. The van der Waals surface area contributed by atoms with Crippen LogP contribution in [-0.4, -0.2) is 52.7 Å². The first-order chi connectivity index (χ1) is 16.6. The summed E-state index contributed by atoms with van der Waals surface area (Å²) in [6.45, 7) is 4.99. The summed E-state index contributed by atoms with van der Waals surface area (Å²) >= 11 is 0. The number of allylic oxidation sites excluding steroid dienone is 3. The molecule has 6 rings (SSSR count). The Hall–Kier alpha value is -3.67. The van der Waals surface area contributed by atoms with Crippen LogP contribution in [0.5, 0.6) is 0 Å². The van der Waals surface area contributed by atoms with E-state index < -0.39 is 0 Å². The third-order valence-corrected chi connectivity index (χ3v) is 6.85. The topological polar surface area (TPSA) is 66.3 Å². The molecule has 2 fully saturated rings. The largest absolute Gasteiger partial charge is 0.369 e. The van der Waals surface area contributed by atoms with Crippen molar-refractivity contribution in [3.8, 4) is 0 Å². The Kier molecular flexibility index (Phi) is 5.28. The van der Waals surface area contributed by atoms with Crippen molar-refractivity contribution >= 4 is 33.8 Å². The van der Waals surface area contributed by atoms with Gasteiger partial charge < -0.3 is 19.7 Å². The lowest BCUT2D eigenvalue weighted by molar-refractivity contribution is 0.313. The van der Waals surface area contributed by atoms with Gasteiger partial charge in [0.25, 0.3) is 5.56 Å². The zero-order valence-electron chi connectivity index (χ0n) is 19.4. The van der Waals surface area contributed by atoms with Gasteiger partial charge >= 0.3 is 0 Å². The van der Waals surface area contributed by atoms with Crippen molar-refractivity contribution in [2.75, 3.05) is 43.4 Å². The van der Waals surface area contributed by atoms with Crippen LogP contribution in [0.15, 0.2) is 65.4 Å². The molecule has 172 valence electrons. The summed E-state index contributed by atoms with van der Waals surface area (Å²) in [7, 11) is 2.16. The highest BCUT2D eigenvalue weighted by Gasteiger charge is 2.24. The second-order valence-electron chi connectivity index (χ2n) is 9.45. The normalized spacial score (nSPS) is 18.0. The van der Waals surface area contributed by atoms with Crippen LogP contribution in [0.1, 0.15) is 18.4 Å². The molecular weight excluding hydrogens is 424 g/mol. The molecule has 34 heavy (non-hydrogen) atoms. The fraction of sp³-hybridized carbons (Fsp3) is 0.333. The third-order valence-electron chi connectivity index (χ3n) is 6.85. The molecule has 1 N–H and O–H groups in total. The van der Waals surface area contributed by atoms with Gasteiger partial charge in [0.1, 0.15) is 0 Å². The molecule has 0 radical (unpaired) electrons. The lowest BCUT2D eigenvalue weighted by Crippen LogP contribution is -2.44. The van der Waals surface area contributed by atoms with Gasteiger partial charge in [0, 0.05) is 67.6 Å². The highest BCUT2D eigenvalue weighted by atomic mass is 16.1. The van der Waals surface area contributed by atoms with E-state index in [-0.39, 0.29) is 5.56 Å². The maximum atomic E-state index is 13.1. The average molecular weight is 453 g/mol. The highest BCUT2D eigenvalue weighted by molar-refractivity contribution is 5.93. The number of pyridine rings is 1. The smallest absolute Gasteiger partial charge is 0.261 e. The van der Waals surface area contributed by atoms with Crippen LogP contribution in [0.25, 0.3) is 16.5 Å². The van der Waals surface area contributed by atoms with Gasteiger partial charge in [0.05, 0.1) is 10.9 Å². The van der Waals surface area contributed by atoms with Crippen molar-refractivity contribution in [1.82, 2.24) is 19.4 Å². The van der Waals surface area contributed by atoms with E-state index in [1.54, 1.807) is 6.20 Å². The molecule has 0 atom stereocenters. The number of nitrogens with one attached hydrogen (secondary N) is 1. The summed E-state index contributed by atoms with van der Waals surface area (Å²) in [6, 6.07) is 8.38. The van der Waals surface area contributed by atoms with Crippen molar-refractivity contribution in [1.29, 1.82) is 0 Å². The molecule has 3 heterocycles. The summed E-state index contributed by atoms with van der Waals surface area (Å²) in [5.74, 6) is 1.08. The second-order valence-corrected chi connectivity index (χ2v) is 9.45. The van der Waals surface area contributed by atoms with Crippen molar-refractivity contribution in [3.05, 3.63) is 76.5 Å². The molecule has 1 aromatic carbocycles. The number of rotatable bonds is 6. The number of piperazine rings is 1. The van der Waals surface area contributed by atoms with Crippen LogP contribution in [0.3, 0.4) is 0 Å². The number of hydrogen-bond donors (Lipinski definition) is 1. The van der Waals surface area contributed by atoms with E-state index in [2.05, 4.69) is 57.1 Å². The number of nitrogens with zero attached hydrogens (tertiary/aromatic N) is 5. The van der Waals surface area contributed by atoms with Gasteiger partial charge in [-0.15, -0.1) is 5.73 Å². The maximum Gasteiger partial charge on any atom is 0.261 e. The first-order valence-electron chi connectivity index (χ1n) is 12.0. The SMILES string of the molecule is CN1CCN(c2ccc(Nc3ncc4c(=O)n(CC5CC5)cc(C5=C=CC=C5)c4n3)cc2)CC1. The number of likely N-dealkylation sites (N-methyl/N-ethyl adjacent to an activating group) is 1. The molecule has 2 aromatic heterocycles. The molecule has 1 saturated carbocycles. The van der Waals surface area contributed by atoms with E-state index in [4.69, 9.17) is 4.98 Å². The summed E-state index contributed by atoms with van der Waals surface area (Å²) in [6.07, 6.45) is 11.8. The number of fused-ring (bicyclic) bond motifs is 1. The van der Waals surface area contributed by atoms with Crippen LogP contribution < -0.4 is 15.8 Å². The zero-order valence-corrected chi connectivity index (χ0v) is 19.4. The molecule has 3 aliphatic rings. The Morgan fingerprint density at radius 2 is 1.91 bits per heavy atom. The van der Waals surface area contributed by atoms with E-state index in [9.17, 15) is 4.79 Å². The van der Waals surface area contributed by atoms with E-state index in [1.165, 1.54) is 18.5 Å². The molecule has 0 bridgehead atoms. The van der Waals surface area contributed by atoms with Crippen LogP contribution >= 0.6 is 0 Å². The number of aromatic nitrogens is 3. The Morgan fingerprint density at radius 3 is 2.62 bits per heavy atom. The van der Waals surface area contributed by atoms with Crippen molar-refractivity contribution in [3.63, 3.8) is 0 Å². The van der Waals surface area contributed by atoms with Crippen molar-refractivity contribution in [2.24, 2.45) is 5.92 Å². The predicted molar refractivity (Wildman–Crippen MR) is 137 cm³/mol.